The van der Waals surface area contributed by atoms with Gasteiger partial charge in [-0.15, -0.1) is 0 Å². The number of hydrogen-bond acceptors (Lipinski definition) is 3. The number of nitrogens with one attached hydrogen (secondary N) is 1. The summed E-state index contributed by atoms with van der Waals surface area (Å²) in [6.07, 6.45) is 6.13. The Bertz CT molecular complexity index is 321. The van der Waals surface area contributed by atoms with Crippen LogP contribution in [0, 0.1) is 17.8 Å². The van der Waals surface area contributed by atoms with Gasteiger partial charge in [0, 0.05) is 12.6 Å². The number of carbonyl (C=O) groups excluding carboxylic acids is 1. The SMILES string of the molecule is CC1CCN(CC(=O)NC2CCCCC2C)CC1CN. The Balaban J connectivity index is 1.76. The van der Waals surface area contributed by atoms with Gasteiger partial charge in [0.25, 0.3) is 0 Å². The molecule has 1 heterocycles. The second kappa shape index (κ2) is 7.41. The molecule has 2 rings (SSSR count). The maximum atomic E-state index is 12.2. The van der Waals surface area contributed by atoms with Crippen molar-refractivity contribution in [2.45, 2.75) is 52.0 Å². The first-order valence-electron chi connectivity index (χ1n) is 8.32. The maximum Gasteiger partial charge on any atom is 0.234 e. The van der Waals surface area contributed by atoms with E-state index in [1.807, 2.05) is 0 Å². The van der Waals surface area contributed by atoms with Gasteiger partial charge >= 0.3 is 0 Å². The molecule has 4 heteroatoms. The second-order valence-corrected chi connectivity index (χ2v) is 6.93. The lowest BCUT2D eigenvalue weighted by atomic mass is 9.86. The van der Waals surface area contributed by atoms with E-state index in [-0.39, 0.29) is 5.91 Å². The van der Waals surface area contributed by atoms with Crippen LogP contribution >= 0.6 is 0 Å². The summed E-state index contributed by atoms with van der Waals surface area (Å²) in [6, 6.07) is 0.394. The molecule has 4 unspecified atom stereocenters. The number of piperidine rings is 1. The van der Waals surface area contributed by atoms with Crippen LogP contribution in [0.15, 0.2) is 0 Å². The first kappa shape index (κ1) is 15.8. The van der Waals surface area contributed by atoms with Gasteiger partial charge in [-0.25, -0.2) is 0 Å². The van der Waals surface area contributed by atoms with E-state index in [0.717, 1.165) is 32.5 Å². The van der Waals surface area contributed by atoms with Crippen LogP contribution in [0.5, 0.6) is 0 Å². The Kier molecular flexibility index (Phi) is 5.85. The van der Waals surface area contributed by atoms with E-state index >= 15 is 0 Å². The van der Waals surface area contributed by atoms with Crippen molar-refractivity contribution in [3.8, 4) is 0 Å². The maximum absolute atomic E-state index is 12.2. The lowest BCUT2D eigenvalue weighted by molar-refractivity contribution is -0.124. The minimum Gasteiger partial charge on any atom is -0.352 e. The molecule has 20 heavy (non-hydrogen) atoms. The molecule has 4 nitrogen and oxygen atoms in total. The molecule has 0 radical (unpaired) electrons. The van der Waals surface area contributed by atoms with Gasteiger partial charge < -0.3 is 11.1 Å². The van der Waals surface area contributed by atoms with Crippen LogP contribution in [0.3, 0.4) is 0 Å². The van der Waals surface area contributed by atoms with E-state index in [4.69, 9.17) is 5.73 Å². The number of carbonyl (C=O) groups is 1. The van der Waals surface area contributed by atoms with Gasteiger partial charge in [0.1, 0.15) is 0 Å². The Labute approximate surface area is 123 Å². The number of nitrogens with zero attached hydrogens (tertiary/aromatic N) is 1. The summed E-state index contributed by atoms with van der Waals surface area (Å²) in [6.45, 7) is 7.83. The Hall–Kier alpha value is -0.610. The van der Waals surface area contributed by atoms with Gasteiger partial charge in [-0.2, -0.15) is 0 Å². The van der Waals surface area contributed by atoms with Crippen molar-refractivity contribution in [1.29, 1.82) is 0 Å². The van der Waals surface area contributed by atoms with Gasteiger partial charge in [0.2, 0.25) is 5.91 Å². The summed E-state index contributed by atoms with van der Waals surface area (Å²) < 4.78 is 0. The largest absolute Gasteiger partial charge is 0.352 e. The van der Waals surface area contributed by atoms with E-state index in [0.29, 0.717) is 30.3 Å². The van der Waals surface area contributed by atoms with Crippen molar-refractivity contribution < 1.29 is 4.79 Å². The van der Waals surface area contributed by atoms with Gasteiger partial charge in [-0.05, 0) is 50.1 Å². The summed E-state index contributed by atoms with van der Waals surface area (Å²) in [5.74, 6) is 2.07. The number of hydrogen-bond donors (Lipinski definition) is 2. The minimum absolute atomic E-state index is 0.203. The highest BCUT2D eigenvalue weighted by atomic mass is 16.2. The summed E-state index contributed by atoms with van der Waals surface area (Å²) in [4.78, 5) is 14.5. The van der Waals surface area contributed by atoms with E-state index in [9.17, 15) is 4.79 Å². The molecule has 0 aromatic rings. The molecule has 3 N–H and O–H groups in total. The monoisotopic (exact) mass is 281 g/mol. The predicted molar refractivity (Wildman–Crippen MR) is 82.3 cm³/mol. The van der Waals surface area contributed by atoms with Gasteiger partial charge in [-0.3, -0.25) is 9.69 Å². The normalized spacial score (nSPS) is 35.8. The van der Waals surface area contributed by atoms with Crippen molar-refractivity contribution in [3.63, 3.8) is 0 Å². The predicted octanol–water partition coefficient (Wildman–Crippen LogP) is 1.60. The van der Waals surface area contributed by atoms with Crippen molar-refractivity contribution in [2.75, 3.05) is 26.2 Å². The van der Waals surface area contributed by atoms with Gasteiger partial charge in [0.15, 0.2) is 0 Å². The Morgan fingerprint density at radius 2 is 1.95 bits per heavy atom. The molecule has 2 aliphatic rings. The molecule has 1 saturated heterocycles. The summed E-state index contributed by atoms with van der Waals surface area (Å²) in [7, 11) is 0. The van der Waals surface area contributed by atoms with E-state index in [2.05, 4.69) is 24.1 Å². The molecule has 116 valence electrons. The van der Waals surface area contributed by atoms with Crippen LogP contribution in [0.1, 0.15) is 46.0 Å². The van der Waals surface area contributed by atoms with Gasteiger partial charge in [-0.1, -0.05) is 26.7 Å². The smallest absolute Gasteiger partial charge is 0.234 e. The van der Waals surface area contributed by atoms with Crippen LogP contribution in [0.4, 0.5) is 0 Å². The molecular weight excluding hydrogens is 250 g/mol. The zero-order chi connectivity index (χ0) is 14.5. The molecule has 0 aromatic heterocycles. The van der Waals surface area contributed by atoms with Crippen molar-refractivity contribution in [1.82, 2.24) is 10.2 Å². The first-order chi connectivity index (χ1) is 9.60. The molecule has 0 aromatic carbocycles. The van der Waals surface area contributed by atoms with E-state index in [1.54, 1.807) is 0 Å². The molecule has 1 aliphatic heterocycles. The topological polar surface area (TPSA) is 58.4 Å². The standard InChI is InChI=1S/C16H31N3O/c1-12-7-8-19(10-14(12)9-17)11-16(20)18-15-6-4-3-5-13(15)2/h12-15H,3-11,17H2,1-2H3,(H,18,20). The zero-order valence-corrected chi connectivity index (χ0v) is 13.1. The number of rotatable bonds is 4. The van der Waals surface area contributed by atoms with Crippen LogP contribution in [-0.2, 0) is 4.79 Å². The third-order valence-corrected chi connectivity index (χ3v) is 5.33. The second-order valence-electron chi connectivity index (χ2n) is 6.93. The molecule has 1 amide bonds. The van der Waals surface area contributed by atoms with Crippen LogP contribution in [0.25, 0.3) is 0 Å². The number of amides is 1. The Morgan fingerprint density at radius 3 is 2.65 bits per heavy atom. The molecule has 1 saturated carbocycles. The third kappa shape index (κ3) is 4.19. The highest BCUT2D eigenvalue weighted by Gasteiger charge is 2.27. The van der Waals surface area contributed by atoms with E-state index in [1.165, 1.54) is 19.3 Å². The van der Waals surface area contributed by atoms with Crippen LogP contribution in [0.2, 0.25) is 0 Å². The highest BCUT2D eigenvalue weighted by Crippen LogP contribution is 2.24. The lowest BCUT2D eigenvalue weighted by Crippen LogP contribution is -2.49. The molecule has 0 bridgehead atoms. The molecular formula is C16H31N3O. The molecule has 2 fully saturated rings. The van der Waals surface area contributed by atoms with Crippen molar-refractivity contribution in [3.05, 3.63) is 0 Å². The Morgan fingerprint density at radius 1 is 1.20 bits per heavy atom. The van der Waals surface area contributed by atoms with Crippen LogP contribution < -0.4 is 11.1 Å². The third-order valence-electron chi connectivity index (χ3n) is 5.33. The molecule has 4 atom stereocenters. The van der Waals surface area contributed by atoms with Gasteiger partial charge in [0.05, 0.1) is 6.54 Å². The summed E-state index contributed by atoms with van der Waals surface area (Å²) in [5, 5.41) is 3.25. The van der Waals surface area contributed by atoms with E-state index < -0.39 is 0 Å². The van der Waals surface area contributed by atoms with Crippen molar-refractivity contribution in [2.24, 2.45) is 23.5 Å². The van der Waals surface area contributed by atoms with Crippen LogP contribution in [-0.4, -0.2) is 43.0 Å². The number of likely N-dealkylation sites (tertiary alicyclic amines) is 1. The fourth-order valence-electron chi connectivity index (χ4n) is 3.66. The molecule has 0 spiro atoms. The average molecular weight is 281 g/mol. The fourth-order valence-corrected chi connectivity index (χ4v) is 3.66. The quantitative estimate of drug-likeness (QED) is 0.823. The summed E-state index contributed by atoms with van der Waals surface area (Å²) in [5.41, 5.74) is 5.83. The lowest BCUT2D eigenvalue weighted by Gasteiger charge is -2.37. The molecule has 1 aliphatic carbocycles. The first-order valence-corrected chi connectivity index (χ1v) is 8.32. The van der Waals surface area contributed by atoms with Crippen molar-refractivity contribution >= 4 is 5.91 Å². The minimum atomic E-state index is 0.203. The number of nitrogens with two attached hydrogens (primary N) is 1. The fraction of sp³-hybridized carbons (Fsp3) is 0.938. The summed E-state index contributed by atoms with van der Waals surface area (Å²) >= 11 is 0. The average Bonchev–Trinajstić information content (AvgIpc) is 2.43. The highest BCUT2D eigenvalue weighted by molar-refractivity contribution is 5.78. The zero-order valence-electron chi connectivity index (χ0n) is 13.1.